The number of hydrogen-bond acceptors (Lipinski definition) is 14. The molecule has 18 heteroatoms. The lowest BCUT2D eigenvalue weighted by atomic mass is 10.2. The Morgan fingerprint density at radius 1 is 0.485 bits per heavy atom. The molecule has 4 amide bonds. The van der Waals surface area contributed by atoms with Crippen molar-refractivity contribution in [2.24, 2.45) is 0 Å². The van der Waals surface area contributed by atoms with E-state index in [0.717, 1.165) is 17.0 Å². The summed E-state index contributed by atoms with van der Waals surface area (Å²) in [5.74, 6) is -0.889. The number of pyridine rings is 2. The number of carbonyl (C=O) groups excluding carboxylic acids is 4. The van der Waals surface area contributed by atoms with Crippen LogP contribution in [0.1, 0.15) is 173 Å². The van der Waals surface area contributed by atoms with Crippen LogP contribution < -0.4 is 21.3 Å². The molecule has 8 N–H and O–H groups in total. The molecule has 0 aliphatic carbocycles. The van der Waals surface area contributed by atoms with Crippen molar-refractivity contribution in [1.29, 1.82) is 0 Å². The fourth-order valence-electron chi connectivity index (χ4n) is 4.36. The van der Waals surface area contributed by atoms with Gasteiger partial charge < -0.3 is 41.7 Å². The van der Waals surface area contributed by atoms with Gasteiger partial charge in [0.2, 0.25) is 0 Å². The Morgan fingerprint density at radius 2 is 0.882 bits per heavy atom. The van der Waals surface area contributed by atoms with Gasteiger partial charge in [-0.3, -0.25) is 29.1 Å². The molecule has 0 unspecified atom stereocenters. The molecule has 384 valence electrons. The maximum absolute atomic E-state index is 11.6. The van der Waals surface area contributed by atoms with Crippen LogP contribution in [-0.2, 0) is 0 Å². The number of aliphatic hydroxyl groups excluding tert-OH is 4. The van der Waals surface area contributed by atoms with Crippen molar-refractivity contribution in [1.82, 2.24) is 51.4 Å². The average Bonchev–Trinajstić information content (AvgIpc) is 3.38. The Labute approximate surface area is 407 Å². The van der Waals surface area contributed by atoms with Gasteiger partial charge in [0.25, 0.3) is 23.6 Å². The van der Waals surface area contributed by atoms with Crippen molar-refractivity contribution < 1.29 is 39.6 Å². The first kappa shape index (κ1) is 68.8. The third-order valence-corrected chi connectivity index (χ3v) is 8.25. The number of rotatable bonds is 16. The zero-order chi connectivity index (χ0) is 53.0. The molecule has 4 heterocycles. The predicted octanol–water partition coefficient (Wildman–Crippen LogP) is 6.46. The number of amides is 4. The second-order valence-electron chi connectivity index (χ2n) is 13.7. The highest BCUT2D eigenvalue weighted by atomic mass is 16.3. The number of carbonyl (C=O) groups is 4. The van der Waals surface area contributed by atoms with Crippen LogP contribution in [0.3, 0.4) is 0 Å². The fourth-order valence-corrected chi connectivity index (χ4v) is 4.36. The van der Waals surface area contributed by atoms with Crippen LogP contribution in [0.25, 0.3) is 0 Å². The smallest absolute Gasteiger partial charge is 0.270 e. The van der Waals surface area contributed by atoms with Crippen LogP contribution in [-0.4, -0.2) is 125 Å². The van der Waals surface area contributed by atoms with E-state index < -0.39 is 24.4 Å². The van der Waals surface area contributed by atoms with E-state index in [1.807, 2.05) is 96.9 Å². The van der Waals surface area contributed by atoms with Gasteiger partial charge in [-0.1, -0.05) is 83.1 Å². The van der Waals surface area contributed by atoms with Crippen LogP contribution in [0.5, 0.6) is 0 Å². The summed E-state index contributed by atoms with van der Waals surface area (Å²) in [7, 11) is 0. The Bertz CT molecular complexity index is 1630. The first-order chi connectivity index (χ1) is 32.5. The molecule has 4 atom stereocenters. The van der Waals surface area contributed by atoms with Crippen molar-refractivity contribution in [2.75, 3.05) is 26.2 Å². The van der Waals surface area contributed by atoms with Crippen LogP contribution >= 0.6 is 0 Å². The minimum Gasteiger partial charge on any atom is -0.391 e. The highest BCUT2D eigenvalue weighted by Gasteiger charge is 2.11. The topological polar surface area (TPSA) is 275 Å². The summed E-state index contributed by atoms with van der Waals surface area (Å²) >= 11 is 0. The standard InChI is InChI=1S/2C11H16N2O2.2C10H15N3O2.4C2H6/c1-3-10(14)7-13-11(15)9-4-8(2)5-12-6-9;1-3-10(14)7-13-11(15)9-4-5-12-8(2)6-9;1-3-9(14)6-11-10(15)8-4-7(2)13-12-5-8;1-3-8(14)5-11-10(15)9-4-7(2)12-6-13-9;4*1-2/h2*4-6,10,14H,3,7H2,1-2H3,(H,13,15);4-5,9,14H,3,6H2,1-2H3,(H,11,15);4,6,8,14H,3,5H2,1-2H3,(H,11,15);4*1-2H3/t2*10-;9-;8-;;;;/m1111..../s1. The van der Waals surface area contributed by atoms with E-state index in [-0.39, 0.29) is 49.8 Å². The van der Waals surface area contributed by atoms with Gasteiger partial charge in [0.15, 0.2) is 0 Å². The number of aliphatic hydroxyl groups is 4. The SMILES string of the molecule is CC.CC.CC.CC.CC[C@@H](O)CNC(=O)c1cc(C)ncn1.CC[C@@H](O)CNC(=O)c1ccnc(C)c1.CC[C@@H](O)CNC(=O)c1cncc(C)c1.CC[C@@H](O)CNC(=O)c1cnnc(C)c1. The second kappa shape index (κ2) is 45.0. The van der Waals surface area contributed by atoms with E-state index in [1.54, 1.807) is 56.6 Å². The molecule has 0 spiro atoms. The first-order valence-electron chi connectivity index (χ1n) is 23.8. The summed E-state index contributed by atoms with van der Waals surface area (Å²) in [6.45, 7) is 31.8. The summed E-state index contributed by atoms with van der Waals surface area (Å²) in [5, 5.41) is 55.0. The highest BCUT2D eigenvalue weighted by molar-refractivity contribution is 5.95. The Hall–Kier alpha value is -5.82. The molecule has 0 fully saturated rings. The number of nitrogens with one attached hydrogen (secondary N) is 4. The molecule has 0 bridgehead atoms. The van der Waals surface area contributed by atoms with E-state index in [0.29, 0.717) is 53.8 Å². The molecule has 4 aromatic rings. The molecule has 18 nitrogen and oxygen atoms in total. The summed E-state index contributed by atoms with van der Waals surface area (Å²) in [4.78, 5) is 61.8. The molecule has 68 heavy (non-hydrogen) atoms. The first-order valence-corrected chi connectivity index (χ1v) is 23.8. The average molecular weight is 955 g/mol. The third kappa shape index (κ3) is 34.5. The number of aryl methyl sites for hydroxylation is 4. The second-order valence-corrected chi connectivity index (χ2v) is 13.7. The minimum atomic E-state index is -0.503. The monoisotopic (exact) mass is 955 g/mol. The van der Waals surface area contributed by atoms with Gasteiger partial charge in [-0.05, 0) is 89.3 Å². The van der Waals surface area contributed by atoms with E-state index in [2.05, 4.69) is 51.4 Å². The number of nitrogens with zero attached hydrogens (tertiary/aromatic N) is 6. The number of aromatic nitrogens is 6. The minimum absolute atomic E-state index is 0.173. The van der Waals surface area contributed by atoms with Crippen molar-refractivity contribution in [2.45, 2.75) is 161 Å². The lowest BCUT2D eigenvalue weighted by molar-refractivity contribution is 0.0904. The van der Waals surface area contributed by atoms with Crippen LogP contribution in [0.15, 0.2) is 61.4 Å². The predicted molar refractivity (Wildman–Crippen MR) is 271 cm³/mol. The molecule has 4 aromatic heterocycles. The molecule has 0 aliphatic heterocycles. The molecular formula is C50H86N10O8. The van der Waals surface area contributed by atoms with Gasteiger partial charge >= 0.3 is 0 Å². The number of hydrogen-bond donors (Lipinski definition) is 8. The van der Waals surface area contributed by atoms with Crippen molar-refractivity contribution in [3.8, 4) is 0 Å². The molecule has 0 aliphatic rings. The van der Waals surface area contributed by atoms with Crippen molar-refractivity contribution >= 4 is 23.6 Å². The van der Waals surface area contributed by atoms with Crippen LogP contribution in [0.2, 0.25) is 0 Å². The van der Waals surface area contributed by atoms with E-state index in [1.165, 1.54) is 18.7 Å². The van der Waals surface area contributed by atoms with Crippen LogP contribution in [0, 0.1) is 27.7 Å². The summed E-state index contributed by atoms with van der Waals surface area (Å²) in [6, 6.07) is 8.39. The van der Waals surface area contributed by atoms with Gasteiger partial charge in [-0.2, -0.15) is 10.2 Å². The third-order valence-electron chi connectivity index (χ3n) is 8.25. The molecule has 0 radical (unpaired) electrons. The van der Waals surface area contributed by atoms with Gasteiger partial charge in [0.1, 0.15) is 12.0 Å². The molecule has 4 rings (SSSR count). The molecular weight excluding hydrogens is 869 g/mol. The molecule has 0 aromatic carbocycles. The van der Waals surface area contributed by atoms with Gasteiger partial charge in [-0.15, -0.1) is 0 Å². The summed E-state index contributed by atoms with van der Waals surface area (Å²) in [5.41, 5.74) is 5.07. The summed E-state index contributed by atoms with van der Waals surface area (Å²) < 4.78 is 0. The lowest BCUT2D eigenvalue weighted by Crippen LogP contribution is -2.32. The zero-order valence-corrected chi connectivity index (χ0v) is 43.8. The van der Waals surface area contributed by atoms with Gasteiger partial charge in [-0.25, -0.2) is 9.97 Å². The van der Waals surface area contributed by atoms with Crippen LogP contribution in [0.4, 0.5) is 0 Å². The van der Waals surface area contributed by atoms with Crippen molar-refractivity contribution in [3.63, 3.8) is 0 Å². The molecule has 0 saturated carbocycles. The van der Waals surface area contributed by atoms with Gasteiger partial charge in [0.05, 0.1) is 47.4 Å². The largest absolute Gasteiger partial charge is 0.391 e. The Balaban J connectivity index is -0.000000382. The normalized spacial score (nSPS) is 11.1. The fraction of sp³-hybridized carbons (Fsp3) is 0.560. The Kier molecular flexibility index (Phi) is 45.5. The summed E-state index contributed by atoms with van der Waals surface area (Å²) in [6.07, 6.45) is 8.10. The zero-order valence-electron chi connectivity index (χ0n) is 43.8. The maximum Gasteiger partial charge on any atom is 0.270 e. The van der Waals surface area contributed by atoms with E-state index >= 15 is 0 Å². The van der Waals surface area contributed by atoms with Crippen molar-refractivity contribution in [3.05, 3.63) is 106 Å². The highest BCUT2D eigenvalue weighted by Crippen LogP contribution is 2.03. The lowest BCUT2D eigenvalue weighted by Gasteiger charge is -2.09. The maximum atomic E-state index is 11.6. The van der Waals surface area contributed by atoms with E-state index in [9.17, 15) is 39.6 Å². The molecule has 0 saturated heterocycles. The van der Waals surface area contributed by atoms with E-state index in [4.69, 9.17) is 0 Å². The quantitative estimate of drug-likeness (QED) is 0.0599. The Morgan fingerprint density at radius 3 is 1.28 bits per heavy atom. The van der Waals surface area contributed by atoms with Gasteiger partial charge in [0, 0.05) is 61.7 Å².